The minimum Gasteiger partial charge on any atom is -0.399 e. The molecule has 4 heteroatoms. The molecule has 1 rings (SSSR count). The average Bonchev–Trinajstić information content (AvgIpc) is 2.29. The van der Waals surface area contributed by atoms with Gasteiger partial charge in [0.25, 0.3) is 0 Å². The predicted octanol–water partition coefficient (Wildman–Crippen LogP) is 1.82. The number of carbonyl (C=O) groups excluding carboxylic acids is 1. The zero-order chi connectivity index (χ0) is 12.0. The van der Waals surface area contributed by atoms with Crippen LogP contribution in [0.15, 0.2) is 24.3 Å². The van der Waals surface area contributed by atoms with Crippen LogP contribution in [0.2, 0.25) is 0 Å². The van der Waals surface area contributed by atoms with Crippen LogP contribution in [0.3, 0.4) is 0 Å². The first-order chi connectivity index (χ1) is 7.63. The van der Waals surface area contributed by atoms with E-state index < -0.39 is 0 Å². The van der Waals surface area contributed by atoms with Crippen LogP contribution in [0.1, 0.15) is 18.9 Å². The number of rotatable bonds is 4. The van der Waals surface area contributed by atoms with Gasteiger partial charge in [-0.25, -0.2) is 4.79 Å². The molecule has 1 aromatic rings. The Morgan fingerprint density at radius 3 is 2.56 bits per heavy atom. The Labute approximate surface area is 96.4 Å². The van der Waals surface area contributed by atoms with E-state index in [1.165, 1.54) is 0 Å². The Hall–Kier alpha value is -1.71. The number of nitrogens with two attached hydrogens (primary N) is 1. The summed E-state index contributed by atoms with van der Waals surface area (Å²) in [7, 11) is 1.78. The van der Waals surface area contributed by atoms with E-state index in [4.69, 9.17) is 5.73 Å². The molecule has 0 aliphatic heterocycles. The third kappa shape index (κ3) is 3.81. The highest BCUT2D eigenvalue weighted by Crippen LogP contribution is 2.07. The maximum absolute atomic E-state index is 11.6. The molecule has 0 aliphatic rings. The van der Waals surface area contributed by atoms with E-state index in [-0.39, 0.29) is 6.03 Å². The molecule has 0 fully saturated rings. The molecule has 0 saturated heterocycles. The van der Waals surface area contributed by atoms with E-state index in [1.54, 1.807) is 11.9 Å². The Morgan fingerprint density at radius 2 is 2.00 bits per heavy atom. The maximum atomic E-state index is 11.6. The third-order valence-corrected chi connectivity index (χ3v) is 2.27. The number of nitrogens with one attached hydrogen (secondary N) is 1. The number of amides is 2. The van der Waals surface area contributed by atoms with Crippen LogP contribution >= 0.6 is 0 Å². The first-order valence-electron chi connectivity index (χ1n) is 5.47. The lowest BCUT2D eigenvalue weighted by Crippen LogP contribution is -2.37. The minimum atomic E-state index is -0.0429. The molecule has 0 aromatic heterocycles. The van der Waals surface area contributed by atoms with Gasteiger partial charge in [0, 0.05) is 25.8 Å². The van der Waals surface area contributed by atoms with Crippen LogP contribution < -0.4 is 11.1 Å². The largest absolute Gasteiger partial charge is 0.399 e. The monoisotopic (exact) mass is 221 g/mol. The number of hydrogen-bond acceptors (Lipinski definition) is 2. The molecular weight excluding hydrogens is 202 g/mol. The zero-order valence-electron chi connectivity index (χ0n) is 9.86. The first kappa shape index (κ1) is 12.4. The van der Waals surface area contributed by atoms with Crippen LogP contribution in [0.5, 0.6) is 0 Å². The lowest BCUT2D eigenvalue weighted by atomic mass is 10.2. The molecule has 88 valence electrons. The second-order valence-corrected chi connectivity index (χ2v) is 3.83. The molecule has 3 N–H and O–H groups in total. The highest BCUT2D eigenvalue weighted by atomic mass is 16.2. The fourth-order valence-corrected chi connectivity index (χ4v) is 1.34. The van der Waals surface area contributed by atoms with Gasteiger partial charge >= 0.3 is 6.03 Å². The van der Waals surface area contributed by atoms with Gasteiger partial charge in [0.05, 0.1) is 0 Å². The smallest absolute Gasteiger partial charge is 0.317 e. The molecule has 0 unspecified atom stereocenters. The van der Waals surface area contributed by atoms with Gasteiger partial charge in [0.15, 0.2) is 0 Å². The van der Waals surface area contributed by atoms with Gasteiger partial charge in [-0.05, 0) is 24.1 Å². The predicted molar refractivity (Wildman–Crippen MR) is 66.0 cm³/mol. The second-order valence-electron chi connectivity index (χ2n) is 3.83. The molecule has 1 aromatic carbocycles. The van der Waals surface area contributed by atoms with Crippen LogP contribution in [0, 0.1) is 0 Å². The summed E-state index contributed by atoms with van der Waals surface area (Å²) in [5.74, 6) is 0. The molecule has 0 radical (unpaired) electrons. The molecule has 0 saturated carbocycles. The van der Waals surface area contributed by atoms with Gasteiger partial charge in [0.2, 0.25) is 0 Å². The summed E-state index contributed by atoms with van der Waals surface area (Å²) in [5, 5.41) is 2.83. The van der Waals surface area contributed by atoms with Crippen molar-refractivity contribution in [2.75, 3.05) is 19.3 Å². The highest BCUT2D eigenvalue weighted by Gasteiger charge is 2.07. The summed E-state index contributed by atoms with van der Waals surface area (Å²) in [6, 6.07) is 7.50. The Balaban J connectivity index is 2.47. The van der Waals surface area contributed by atoms with E-state index in [0.29, 0.717) is 13.1 Å². The summed E-state index contributed by atoms with van der Waals surface area (Å²) < 4.78 is 0. The SMILES string of the molecule is CCCNC(=O)N(C)Cc1ccc(N)cc1. The fraction of sp³-hybridized carbons (Fsp3) is 0.417. The van der Waals surface area contributed by atoms with Crippen LogP contribution in [0.4, 0.5) is 10.5 Å². The van der Waals surface area contributed by atoms with Crippen molar-refractivity contribution in [2.45, 2.75) is 19.9 Å². The number of nitrogens with zero attached hydrogens (tertiary/aromatic N) is 1. The fourth-order valence-electron chi connectivity index (χ4n) is 1.34. The van der Waals surface area contributed by atoms with E-state index in [0.717, 1.165) is 17.7 Å². The molecule has 0 atom stereocenters. The summed E-state index contributed by atoms with van der Waals surface area (Å²) in [4.78, 5) is 13.2. The summed E-state index contributed by atoms with van der Waals surface area (Å²) in [6.07, 6.45) is 0.946. The number of urea groups is 1. The number of carbonyl (C=O) groups is 1. The van der Waals surface area contributed by atoms with Crippen molar-refractivity contribution < 1.29 is 4.79 Å². The van der Waals surface area contributed by atoms with Gasteiger partial charge < -0.3 is 16.0 Å². The molecule has 2 amide bonds. The normalized spacial score (nSPS) is 9.88. The topological polar surface area (TPSA) is 58.4 Å². The third-order valence-electron chi connectivity index (χ3n) is 2.27. The van der Waals surface area contributed by atoms with Gasteiger partial charge in [0.1, 0.15) is 0 Å². The van der Waals surface area contributed by atoms with Crippen molar-refractivity contribution in [3.05, 3.63) is 29.8 Å². The van der Waals surface area contributed by atoms with E-state index in [1.807, 2.05) is 31.2 Å². The summed E-state index contributed by atoms with van der Waals surface area (Å²) in [6.45, 7) is 3.33. The van der Waals surface area contributed by atoms with Crippen molar-refractivity contribution >= 4 is 11.7 Å². The highest BCUT2D eigenvalue weighted by molar-refractivity contribution is 5.73. The Bertz CT molecular complexity index is 335. The van der Waals surface area contributed by atoms with Crippen LogP contribution in [-0.2, 0) is 6.54 Å². The van der Waals surface area contributed by atoms with Crippen molar-refractivity contribution in [3.63, 3.8) is 0 Å². The van der Waals surface area contributed by atoms with Gasteiger partial charge in [-0.15, -0.1) is 0 Å². The second kappa shape index (κ2) is 6.00. The zero-order valence-corrected chi connectivity index (χ0v) is 9.86. The standard InChI is InChI=1S/C12H19N3O/c1-3-8-14-12(16)15(2)9-10-4-6-11(13)7-5-10/h4-7H,3,8-9,13H2,1-2H3,(H,14,16). The summed E-state index contributed by atoms with van der Waals surface area (Å²) in [5.41, 5.74) is 7.40. The lowest BCUT2D eigenvalue weighted by molar-refractivity contribution is 0.207. The van der Waals surface area contributed by atoms with Gasteiger partial charge in [-0.3, -0.25) is 0 Å². The quantitative estimate of drug-likeness (QED) is 0.762. The van der Waals surface area contributed by atoms with Crippen molar-refractivity contribution in [2.24, 2.45) is 0 Å². The lowest BCUT2D eigenvalue weighted by Gasteiger charge is -2.17. The van der Waals surface area contributed by atoms with E-state index in [2.05, 4.69) is 5.32 Å². The molecule has 16 heavy (non-hydrogen) atoms. The maximum Gasteiger partial charge on any atom is 0.317 e. The Morgan fingerprint density at radius 1 is 1.38 bits per heavy atom. The van der Waals surface area contributed by atoms with Gasteiger partial charge in [-0.2, -0.15) is 0 Å². The molecule has 4 nitrogen and oxygen atoms in total. The van der Waals surface area contributed by atoms with Crippen molar-refractivity contribution in [1.29, 1.82) is 0 Å². The van der Waals surface area contributed by atoms with Crippen LogP contribution in [-0.4, -0.2) is 24.5 Å². The number of anilines is 1. The minimum absolute atomic E-state index is 0.0429. The molecule has 0 aliphatic carbocycles. The van der Waals surface area contributed by atoms with Crippen molar-refractivity contribution in [1.82, 2.24) is 10.2 Å². The van der Waals surface area contributed by atoms with Crippen LogP contribution in [0.25, 0.3) is 0 Å². The molecule has 0 heterocycles. The number of benzene rings is 1. The number of nitrogen functional groups attached to an aromatic ring is 1. The molecule has 0 bridgehead atoms. The van der Waals surface area contributed by atoms with E-state index in [9.17, 15) is 4.79 Å². The summed E-state index contributed by atoms with van der Waals surface area (Å²) >= 11 is 0. The first-order valence-corrected chi connectivity index (χ1v) is 5.47. The Kier molecular flexibility index (Phi) is 4.64. The molecule has 0 spiro atoms. The average molecular weight is 221 g/mol. The number of hydrogen-bond donors (Lipinski definition) is 2. The van der Waals surface area contributed by atoms with Crippen molar-refractivity contribution in [3.8, 4) is 0 Å². The molecular formula is C12H19N3O. The van der Waals surface area contributed by atoms with Gasteiger partial charge in [-0.1, -0.05) is 19.1 Å². The van der Waals surface area contributed by atoms with E-state index >= 15 is 0 Å².